The molecule has 3 heterocycles. The standard InChI is InChI=1S/C21H21N3O4/c22-19-5-1-14(11-23-19)9-15-7-8-24(12-15)20(25)13-27-17-4-2-16-3-6-21(26)28-18(16)10-17/h1-6,10-11,15H,7-9,12-13H2,(H2,22,23). The number of carbonyl (C=O) groups excluding carboxylic acids is 1. The van der Waals surface area contributed by atoms with Crippen LogP contribution < -0.4 is 16.1 Å². The maximum atomic E-state index is 12.5. The molecule has 7 nitrogen and oxygen atoms in total. The topological polar surface area (TPSA) is 98.7 Å². The van der Waals surface area contributed by atoms with Crippen molar-refractivity contribution in [2.24, 2.45) is 5.92 Å². The van der Waals surface area contributed by atoms with Crippen LogP contribution in [-0.4, -0.2) is 35.5 Å². The number of nitrogens with zero attached hydrogens (tertiary/aromatic N) is 2. The van der Waals surface area contributed by atoms with Crippen molar-refractivity contribution in [3.63, 3.8) is 0 Å². The van der Waals surface area contributed by atoms with Gasteiger partial charge in [0.05, 0.1) is 0 Å². The van der Waals surface area contributed by atoms with Gasteiger partial charge in [-0.25, -0.2) is 9.78 Å². The number of nitrogens with two attached hydrogens (primary N) is 1. The van der Waals surface area contributed by atoms with E-state index in [-0.39, 0.29) is 12.5 Å². The van der Waals surface area contributed by atoms with E-state index in [1.54, 1.807) is 36.5 Å². The zero-order valence-electron chi connectivity index (χ0n) is 15.3. The van der Waals surface area contributed by atoms with Crippen molar-refractivity contribution in [3.05, 3.63) is 64.6 Å². The molecule has 0 radical (unpaired) electrons. The summed E-state index contributed by atoms with van der Waals surface area (Å²) in [6, 6.07) is 12.0. The zero-order valence-corrected chi connectivity index (χ0v) is 15.3. The summed E-state index contributed by atoms with van der Waals surface area (Å²) >= 11 is 0. The Morgan fingerprint density at radius 3 is 2.93 bits per heavy atom. The highest BCUT2D eigenvalue weighted by molar-refractivity contribution is 5.79. The van der Waals surface area contributed by atoms with E-state index in [0.717, 1.165) is 30.3 Å². The molecule has 2 aromatic heterocycles. The van der Waals surface area contributed by atoms with E-state index in [1.807, 2.05) is 11.0 Å². The van der Waals surface area contributed by atoms with Crippen molar-refractivity contribution >= 4 is 22.7 Å². The first kappa shape index (κ1) is 18.0. The molecule has 1 atom stereocenters. The number of hydrogen-bond donors (Lipinski definition) is 1. The Morgan fingerprint density at radius 1 is 1.25 bits per heavy atom. The molecule has 3 aromatic rings. The number of fused-ring (bicyclic) bond motifs is 1. The lowest BCUT2D eigenvalue weighted by Crippen LogP contribution is -2.33. The highest BCUT2D eigenvalue weighted by Crippen LogP contribution is 2.22. The van der Waals surface area contributed by atoms with Crippen molar-refractivity contribution in [1.82, 2.24) is 9.88 Å². The summed E-state index contributed by atoms with van der Waals surface area (Å²) in [5.41, 5.74) is 6.77. The minimum absolute atomic E-state index is 0.0429. The Bertz CT molecular complexity index is 1050. The van der Waals surface area contributed by atoms with Gasteiger partial charge in [-0.1, -0.05) is 6.07 Å². The molecule has 2 N–H and O–H groups in total. The average molecular weight is 379 g/mol. The van der Waals surface area contributed by atoms with Gasteiger partial charge in [-0.2, -0.15) is 0 Å². The van der Waals surface area contributed by atoms with E-state index in [9.17, 15) is 9.59 Å². The Balaban J connectivity index is 1.31. The molecule has 0 aliphatic carbocycles. The summed E-state index contributed by atoms with van der Waals surface area (Å²) in [6.45, 7) is 1.39. The molecule has 1 aliphatic heterocycles. The Morgan fingerprint density at radius 2 is 2.11 bits per heavy atom. The molecular formula is C21H21N3O4. The van der Waals surface area contributed by atoms with Crippen LogP contribution in [0.2, 0.25) is 0 Å². The number of likely N-dealkylation sites (tertiary alicyclic amines) is 1. The van der Waals surface area contributed by atoms with Crippen molar-refractivity contribution in [1.29, 1.82) is 0 Å². The molecule has 1 amide bonds. The number of nitrogen functional groups attached to an aromatic ring is 1. The first-order valence-electron chi connectivity index (χ1n) is 9.22. The summed E-state index contributed by atoms with van der Waals surface area (Å²) in [4.78, 5) is 29.8. The van der Waals surface area contributed by atoms with Crippen LogP contribution in [0.4, 0.5) is 5.82 Å². The van der Waals surface area contributed by atoms with Crippen LogP contribution in [0.3, 0.4) is 0 Å². The molecule has 144 valence electrons. The number of amides is 1. The number of anilines is 1. The van der Waals surface area contributed by atoms with E-state index in [2.05, 4.69) is 4.98 Å². The molecule has 1 saturated heterocycles. The largest absolute Gasteiger partial charge is 0.484 e. The van der Waals surface area contributed by atoms with E-state index >= 15 is 0 Å². The van der Waals surface area contributed by atoms with Crippen LogP contribution in [0.5, 0.6) is 5.75 Å². The maximum absolute atomic E-state index is 12.5. The van der Waals surface area contributed by atoms with Crippen molar-refractivity contribution < 1.29 is 13.9 Å². The molecular weight excluding hydrogens is 358 g/mol. The minimum atomic E-state index is -0.417. The highest BCUT2D eigenvalue weighted by atomic mass is 16.5. The molecule has 7 heteroatoms. The van der Waals surface area contributed by atoms with E-state index in [1.165, 1.54) is 6.07 Å². The van der Waals surface area contributed by atoms with Gasteiger partial charge in [0.25, 0.3) is 5.91 Å². The predicted octanol–water partition coefficient (Wildman–Crippen LogP) is 2.24. The van der Waals surface area contributed by atoms with Gasteiger partial charge >= 0.3 is 5.63 Å². The van der Waals surface area contributed by atoms with E-state index in [0.29, 0.717) is 29.6 Å². The van der Waals surface area contributed by atoms with Gasteiger partial charge < -0.3 is 19.8 Å². The molecule has 0 saturated carbocycles. The molecule has 1 aliphatic rings. The summed E-state index contributed by atoms with van der Waals surface area (Å²) in [5.74, 6) is 1.37. The fraction of sp³-hybridized carbons (Fsp3) is 0.286. The number of carbonyl (C=O) groups is 1. The Hall–Kier alpha value is -3.35. The normalized spacial score (nSPS) is 16.4. The Labute approximate surface area is 161 Å². The quantitative estimate of drug-likeness (QED) is 0.683. The van der Waals surface area contributed by atoms with Gasteiger partial charge in [0.2, 0.25) is 0 Å². The van der Waals surface area contributed by atoms with Crippen LogP contribution in [-0.2, 0) is 11.2 Å². The van der Waals surface area contributed by atoms with Gasteiger partial charge in [-0.15, -0.1) is 0 Å². The number of aromatic nitrogens is 1. The van der Waals surface area contributed by atoms with Crippen molar-refractivity contribution in [2.45, 2.75) is 12.8 Å². The van der Waals surface area contributed by atoms with Crippen LogP contribution in [0.15, 0.2) is 57.9 Å². The highest BCUT2D eigenvalue weighted by Gasteiger charge is 2.26. The molecule has 4 rings (SSSR count). The average Bonchev–Trinajstić information content (AvgIpc) is 3.16. The molecule has 0 spiro atoms. The van der Waals surface area contributed by atoms with Crippen LogP contribution in [0.25, 0.3) is 11.0 Å². The second-order valence-corrected chi connectivity index (χ2v) is 7.03. The second-order valence-electron chi connectivity index (χ2n) is 7.03. The van der Waals surface area contributed by atoms with Gasteiger partial charge in [0.1, 0.15) is 17.2 Å². The second kappa shape index (κ2) is 7.72. The number of hydrogen-bond acceptors (Lipinski definition) is 6. The smallest absolute Gasteiger partial charge is 0.336 e. The minimum Gasteiger partial charge on any atom is -0.484 e. The lowest BCUT2D eigenvalue weighted by molar-refractivity contribution is -0.132. The van der Waals surface area contributed by atoms with Crippen LogP contribution in [0.1, 0.15) is 12.0 Å². The number of ether oxygens (including phenoxy) is 1. The first-order chi connectivity index (χ1) is 13.6. The van der Waals surface area contributed by atoms with Crippen molar-refractivity contribution in [3.8, 4) is 5.75 Å². The maximum Gasteiger partial charge on any atom is 0.336 e. The molecule has 1 aromatic carbocycles. The molecule has 28 heavy (non-hydrogen) atoms. The molecule has 1 fully saturated rings. The van der Waals surface area contributed by atoms with E-state index in [4.69, 9.17) is 14.9 Å². The van der Waals surface area contributed by atoms with Crippen LogP contribution >= 0.6 is 0 Å². The predicted molar refractivity (Wildman–Crippen MR) is 105 cm³/mol. The third kappa shape index (κ3) is 4.14. The summed E-state index contributed by atoms with van der Waals surface area (Å²) in [6.07, 6.45) is 3.62. The summed E-state index contributed by atoms with van der Waals surface area (Å²) in [5, 5.41) is 0.804. The van der Waals surface area contributed by atoms with Gasteiger partial charge in [-0.3, -0.25) is 4.79 Å². The summed E-state index contributed by atoms with van der Waals surface area (Å²) in [7, 11) is 0. The number of pyridine rings is 1. The first-order valence-corrected chi connectivity index (χ1v) is 9.22. The SMILES string of the molecule is Nc1ccc(CC2CCN(C(=O)COc3ccc4ccc(=O)oc4c3)C2)cn1. The monoisotopic (exact) mass is 379 g/mol. The fourth-order valence-corrected chi connectivity index (χ4v) is 3.48. The van der Waals surface area contributed by atoms with Crippen LogP contribution in [0, 0.1) is 5.92 Å². The third-order valence-electron chi connectivity index (χ3n) is 4.97. The summed E-state index contributed by atoms with van der Waals surface area (Å²) < 4.78 is 10.8. The van der Waals surface area contributed by atoms with Gasteiger partial charge in [0.15, 0.2) is 6.61 Å². The molecule has 0 bridgehead atoms. The molecule has 1 unspecified atom stereocenters. The lowest BCUT2D eigenvalue weighted by atomic mass is 10.00. The Kier molecular flexibility index (Phi) is 4.97. The van der Waals surface area contributed by atoms with Gasteiger partial charge in [0, 0.05) is 36.8 Å². The van der Waals surface area contributed by atoms with Crippen molar-refractivity contribution in [2.75, 3.05) is 25.4 Å². The number of benzene rings is 1. The lowest BCUT2D eigenvalue weighted by Gasteiger charge is -2.17. The van der Waals surface area contributed by atoms with Gasteiger partial charge in [-0.05, 0) is 48.6 Å². The number of rotatable bonds is 5. The zero-order chi connectivity index (χ0) is 19.5. The van der Waals surface area contributed by atoms with E-state index < -0.39 is 5.63 Å². The fourth-order valence-electron chi connectivity index (χ4n) is 3.48. The third-order valence-corrected chi connectivity index (χ3v) is 4.97.